The molecule has 2 fully saturated rings. The van der Waals surface area contributed by atoms with Gasteiger partial charge in [0.2, 0.25) is 0 Å². The van der Waals surface area contributed by atoms with Crippen molar-refractivity contribution < 1.29 is 48.6 Å². The maximum absolute atomic E-state index is 13.3. The first-order valence-corrected chi connectivity index (χ1v) is 18.8. The van der Waals surface area contributed by atoms with Crippen molar-refractivity contribution in [3.05, 3.63) is 0 Å². The van der Waals surface area contributed by atoms with Gasteiger partial charge in [-0.15, -0.1) is 0 Å². The molecule has 0 radical (unpaired) electrons. The quantitative estimate of drug-likeness (QED) is 0.194. The third kappa shape index (κ3) is 16.4. The molecule has 0 saturated carbocycles. The SMILES string of the molecule is CC.CC1CC(N(C)C)CC(O)O1.CCC(OC1C(C)CC(C)C[C@@H](C)C(=O)[C@H](C)C[C@](C)(O)C(CC)OC(=O)C1C)O[C@@H](C)C(O)OC. The molecule has 11 nitrogen and oxygen atoms in total. The van der Waals surface area contributed by atoms with Gasteiger partial charge in [-0.3, -0.25) is 9.59 Å². The van der Waals surface area contributed by atoms with Crippen LogP contribution in [0.25, 0.3) is 0 Å². The monoisotopic (exact) mass is 706 g/mol. The molecule has 0 aromatic heterocycles. The molecule has 2 saturated heterocycles. The Labute approximate surface area is 298 Å². The van der Waals surface area contributed by atoms with E-state index in [2.05, 4.69) is 11.8 Å². The Morgan fingerprint density at radius 1 is 0.980 bits per heavy atom. The molecule has 0 aliphatic carbocycles. The molecule has 0 spiro atoms. The largest absolute Gasteiger partial charge is 0.459 e. The zero-order chi connectivity index (χ0) is 38.2. The van der Waals surface area contributed by atoms with Gasteiger partial charge >= 0.3 is 5.97 Å². The second kappa shape index (κ2) is 23.4. The molecule has 2 aliphatic rings. The number of ether oxygens (including phenoxy) is 5. The van der Waals surface area contributed by atoms with Crippen molar-refractivity contribution in [2.45, 2.75) is 183 Å². The maximum Gasteiger partial charge on any atom is 0.311 e. The molecule has 10 unspecified atom stereocenters. The Morgan fingerprint density at radius 3 is 2.06 bits per heavy atom. The highest BCUT2D eigenvalue weighted by Gasteiger charge is 2.41. The van der Waals surface area contributed by atoms with E-state index in [9.17, 15) is 24.9 Å². The van der Waals surface area contributed by atoms with E-state index >= 15 is 0 Å². The van der Waals surface area contributed by atoms with E-state index in [1.807, 2.05) is 69.5 Å². The molecular weight excluding hydrogens is 630 g/mol. The predicted octanol–water partition coefficient (Wildman–Crippen LogP) is 5.94. The number of carbonyl (C=O) groups excluding carboxylic acids is 2. The van der Waals surface area contributed by atoms with Crippen LogP contribution in [0.4, 0.5) is 0 Å². The highest BCUT2D eigenvalue weighted by atomic mass is 16.7. The topological polar surface area (TPSA) is 144 Å². The van der Waals surface area contributed by atoms with E-state index in [0.29, 0.717) is 18.9 Å². The third-order valence-electron chi connectivity index (χ3n) is 9.82. The predicted molar refractivity (Wildman–Crippen MR) is 193 cm³/mol. The Hall–Kier alpha value is -1.18. The van der Waals surface area contributed by atoms with Crippen LogP contribution in [0.2, 0.25) is 0 Å². The number of hydrogen-bond donors (Lipinski definition) is 3. The van der Waals surface area contributed by atoms with Crippen molar-refractivity contribution in [1.82, 2.24) is 4.90 Å². The van der Waals surface area contributed by atoms with Crippen LogP contribution in [0.1, 0.15) is 128 Å². The van der Waals surface area contributed by atoms with Gasteiger partial charge in [0.15, 0.2) is 18.9 Å². The Balaban J connectivity index is 0.00000148. The fourth-order valence-corrected chi connectivity index (χ4v) is 7.11. The van der Waals surface area contributed by atoms with Crippen LogP contribution in [0.3, 0.4) is 0 Å². The molecule has 0 amide bonds. The zero-order valence-corrected chi connectivity index (χ0v) is 33.6. The van der Waals surface area contributed by atoms with Crippen molar-refractivity contribution in [1.29, 1.82) is 0 Å². The number of aliphatic hydroxyl groups excluding tert-OH is 2. The number of ketones is 1. The molecule has 292 valence electrons. The summed E-state index contributed by atoms with van der Waals surface area (Å²) >= 11 is 0. The first-order chi connectivity index (χ1) is 22.8. The summed E-state index contributed by atoms with van der Waals surface area (Å²) in [4.78, 5) is 28.6. The minimum atomic E-state index is -1.34. The van der Waals surface area contributed by atoms with Crippen LogP contribution in [0.5, 0.6) is 0 Å². The second-order valence-electron chi connectivity index (χ2n) is 14.8. The second-order valence-corrected chi connectivity index (χ2v) is 14.8. The van der Waals surface area contributed by atoms with Crippen molar-refractivity contribution in [3.8, 4) is 0 Å². The van der Waals surface area contributed by atoms with E-state index in [4.69, 9.17) is 23.7 Å². The Kier molecular flexibility index (Phi) is 22.8. The first-order valence-electron chi connectivity index (χ1n) is 18.8. The van der Waals surface area contributed by atoms with Gasteiger partial charge in [0, 0.05) is 31.4 Å². The summed E-state index contributed by atoms with van der Waals surface area (Å²) in [5, 5.41) is 30.4. The number of aliphatic hydroxyl groups is 3. The molecule has 0 bridgehead atoms. The molecule has 0 aromatic rings. The number of Topliss-reactive ketones (excluding diaryl/α,β-unsaturated/α-hetero) is 1. The fourth-order valence-electron chi connectivity index (χ4n) is 7.11. The maximum atomic E-state index is 13.3. The number of carbonyl (C=O) groups is 2. The number of hydrogen-bond acceptors (Lipinski definition) is 11. The number of cyclic esters (lactones) is 1. The van der Waals surface area contributed by atoms with E-state index in [1.54, 1.807) is 20.8 Å². The minimum Gasteiger partial charge on any atom is -0.459 e. The summed E-state index contributed by atoms with van der Waals surface area (Å²) in [5.74, 6) is -1.22. The van der Waals surface area contributed by atoms with Crippen LogP contribution in [-0.2, 0) is 33.3 Å². The van der Waals surface area contributed by atoms with Gasteiger partial charge < -0.3 is 43.9 Å². The molecule has 11 heteroatoms. The van der Waals surface area contributed by atoms with Crippen LogP contribution in [0.15, 0.2) is 0 Å². The molecule has 2 aliphatic heterocycles. The smallest absolute Gasteiger partial charge is 0.311 e. The Morgan fingerprint density at radius 2 is 1.57 bits per heavy atom. The van der Waals surface area contributed by atoms with Crippen LogP contribution in [-0.4, -0.2) is 108 Å². The average Bonchev–Trinajstić information content (AvgIpc) is 3.03. The lowest BCUT2D eigenvalue weighted by Gasteiger charge is -2.38. The lowest BCUT2D eigenvalue weighted by atomic mass is 9.78. The van der Waals surface area contributed by atoms with Crippen molar-refractivity contribution in [2.24, 2.45) is 29.6 Å². The van der Waals surface area contributed by atoms with Crippen LogP contribution < -0.4 is 0 Å². The van der Waals surface area contributed by atoms with Gasteiger partial charge in [-0.1, -0.05) is 55.4 Å². The molecule has 14 atom stereocenters. The summed E-state index contributed by atoms with van der Waals surface area (Å²) in [6, 6.07) is 0.466. The molecular formula is C38H75NO10. The highest BCUT2D eigenvalue weighted by molar-refractivity contribution is 5.82. The highest BCUT2D eigenvalue weighted by Crippen LogP contribution is 2.34. The summed E-state index contributed by atoms with van der Waals surface area (Å²) in [5.41, 5.74) is -1.34. The van der Waals surface area contributed by atoms with Gasteiger partial charge in [-0.05, 0) is 92.2 Å². The molecule has 3 N–H and O–H groups in total. The number of esters is 1. The summed E-state index contributed by atoms with van der Waals surface area (Å²) in [6.45, 7) is 22.9. The minimum absolute atomic E-state index is 0.0360. The van der Waals surface area contributed by atoms with E-state index in [0.717, 1.165) is 25.7 Å². The van der Waals surface area contributed by atoms with Gasteiger partial charge in [-0.25, -0.2) is 0 Å². The van der Waals surface area contributed by atoms with Gasteiger partial charge in [0.1, 0.15) is 18.0 Å². The van der Waals surface area contributed by atoms with Gasteiger partial charge in [0.05, 0.1) is 23.7 Å². The molecule has 2 rings (SSSR count). The van der Waals surface area contributed by atoms with Crippen LogP contribution >= 0.6 is 0 Å². The van der Waals surface area contributed by atoms with Crippen molar-refractivity contribution >= 4 is 11.8 Å². The lowest BCUT2D eigenvalue weighted by Crippen LogP contribution is -2.47. The van der Waals surface area contributed by atoms with E-state index in [-0.39, 0.29) is 42.0 Å². The van der Waals surface area contributed by atoms with Crippen molar-refractivity contribution in [2.75, 3.05) is 21.2 Å². The first kappa shape index (κ1) is 47.8. The molecule has 2 heterocycles. The van der Waals surface area contributed by atoms with Gasteiger partial charge in [0.25, 0.3) is 0 Å². The molecule has 49 heavy (non-hydrogen) atoms. The Bertz CT molecular complexity index is 907. The van der Waals surface area contributed by atoms with Crippen LogP contribution in [0, 0.1) is 29.6 Å². The normalized spacial score (nSPS) is 37.0. The van der Waals surface area contributed by atoms with E-state index < -0.39 is 54.7 Å². The number of rotatable bonds is 9. The standard InChI is InChI=1S/C28H52O8.C8H17NO2.C2H6/c1-11-22-28(9,32)15-19(6)24(29)17(4)13-16(3)14-18(5)25(20(7)26(30)35-22)36-23(12-2)34-21(8)27(31)33-10;1-6-4-7(9(2)3)5-8(10)11-6;1-2/h16-23,25,27,31-32H,11-15H2,1-10H3;6-8,10H,4-5H2,1-3H3;1-2H3/t16?,17-,18?,19-,20?,21+,22?,23?,25?,27?,28+;;/m1../s1. The summed E-state index contributed by atoms with van der Waals surface area (Å²) < 4.78 is 28.3. The average molecular weight is 706 g/mol. The van der Waals surface area contributed by atoms with E-state index in [1.165, 1.54) is 7.11 Å². The molecule has 0 aromatic carbocycles. The zero-order valence-electron chi connectivity index (χ0n) is 33.6. The summed E-state index contributed by atoms with van der Waals surface area (Å²) in [7, 11) is 5.47. The fraction of sp³-hybridized carbons (Fsp3) is 0.947. The third-order valence-corrected chi connectivity index (χ3v) is 9.82. The number of nitrogens with zero attached hydrogens (tertiary/aromatic N) is 1. The lowest BCUT2D eigenvalue weighted by molar-refractivity contribution is -0.254. The summed E-state index contributed by atoms with van der Waals surface area (Å²) in [6.07, 6.45) is 0.379. The van der Waals surface area contributed by atoms with Gasteiger partial charge in [-0.2, -0.15) is 0 Å². The number of methoxy groups -OCH3 is 1. The van der Waals surface area contributed by atoms with Crippen molar-refractivity contribution in [3.63, 3.8) is 0 Å².